The highest BCUT2D eigenvalue weighted by Crippen LogP contribution is 2.36. The van der Waals surface area contributed by atoms with Crippen molar-refractivity contribution in [3.8, 4) is 0 Å². The van der Waals surface area contributed by atoms with E-state index < -0.39 is 23.1 Å². The van der Waals surface area contributed by atoms with E-state index in [1.165, 1.54) is 0 Å². The molecule has 0 saturated carbocycles. The van der Waals surface area contributed by atoms with E-state index in [2.05, 4.69) is 4.98 Å². The van der Waals surface area contributed by atoms with Gasteiger partial charge >= 0.3 is 6.18 Å². The van der Waals surface area contributed by atoms with E-state index in [0.29, 0.717) is 17.9 Å². The first-order chi connectivity index (χ1) is 8.38. The van der Waals surface area contributed by atoms with Gasteiger partial charge in [-0.25, -0.2) is 4.98 Å². The number of rotatable bonds is 2. The molecule has 1 atom stereocenters. The lowest BCUT2D eigenvalue weighted by Crippen LogP contribution is -2.48. The first kappa shape index (κ1) is 13.1. The van der Waals surface area contributed by atoms with Crippen LogP contribution < -0.4 is 10.6 Å². The summed E-state index contributed by atoms with van der Waals surface area (Å²) in [4.78, 5) is 15.5. The van der Waals surface area contributed by atoms with Crippen LogP contribution in [0.4, 0.5) is 18.3 Å². The van der Waals surface area contributed by atoms with Crippen molar-refractivity contribution in [3.05, 3.63) is 11.1 Å². The maximum Gasteiger partial charge on any atom is 0.427 e. The van der Waals surface area contributed by atoms with Crippen LogP contribution in [0.3, 0.4) is 0 Å². The number of hydrogen-bond acceptors (Lipinski definition) is 5. The Kier molecular flexibility index (Phi) is 3.44. The zero-order chi connectivity index (χ0) is 13.3. The number of primary amides is 1. The van der Waals surface area contributed by atoms with Gasteiger partial charge in [0.25, 0.3) is 0 Å². The molecule has 9 heteroatoms. The predicted molar refractivity (Wildman–Crippen MR) is 58.3 cm³/mol. The fourth-order valence-corrected chi connectivity index (χ4v) is 2.36. The van der Waals surface area contributed by atoms with Gasteiger partial charge in [0.2, 0.25) is 5.91 Å². The van der Waals surface area contributed by atoms with E-state index >= 15 is 0 Å². The number of alkyl halides is 3. The van der Waals surface area contributed by atoms with Crippen molar-refractivity contribution in [3.63, 3.8) is 0 Å². The number of nitrogens with zero attached hydrogens (tertiary/aromatic N) is 2. The maximum atomic E-state index is 12.4. The summed E-state index contributed by atoms with van der Waals surface area (Å²) < 4.78 is 42.4. The summed E-state index contributed by atoms with van der Waals surface area (Å²) >= 11 is 0.542. The first-order valence-electron chi connectivity index (χ1n) is 5.07. The van der Waals surface area contributed by atoms with Crippen LogP contribution in [0.5, 0.6) is 0 Å². The number of morpholine rings is 1. The van der Waals surface area contributed by atoms with Crippen LogP contribution in [0, 0.1) is 0 Å². The Morgan fingerprint density at radius 2 is 2.33 bits per heavy atom. The van der Waals surface area contributed by atoms with Gasteiger partial charge in [-0.1, -0.05) is 11.3 Å². The van der Waals surface area contributed by atoms with Crippen molar-refractivity contribution in [2.45, 2.75) is 12.3 Å². The molecule has 2 N–H and O–H groups in total. The lowest BCUT2D eigenvalue weighted by Gasteiger charge is -2.30. The second kappa shape index (κ2) is 4.73. The molecule has 0 aliphatic carbocycles. The smallest absolute Gasteiger partial charge is 0.367 e. The van der Waals surface area contributed by atoms with Crippen molar-refractivity contribution >= 4 is 22.4 Å². The quantitative estimate of drug-likeness (QED) is 0.872. The van der Waals surface area contributed by atoms with Gasteiger partial charge in [-0.15, -0.1) is 0 Å². The normalized spacial score (nSPS) is 21.1. The summed E-state index contributed by atoms with van der Waals surface area (Å²) in [6, 6.07) is 0. The molecule has 0 radical (unpaired) electrons. The molecule has 1 fully saturated rings. The molecule has 1 aromatic heterocycles. The Labute approximate surface area is 104 Å². The molecule has 0 spiro atoms. The number of anilines is 1. The van der Waals surface area contributed by atoms with Crippen molar-refractivity contribution in [2.24, 2.45) is 5.73 Å². The largest absolute Gasteiger partial charge is 0.427 e. The summed E-state index contributed by atoms with van der Waals surface area (Å²) in [7, 11) is 0. The molecule has 2 rings (SSSR count). The lowest BCUT2D eigenvalue weighted by molar-refractivity contribution is -0.134. The maximum absolute atomic E-state index is 12.4. The molecular weight excluding hydrogens is 271 g/mol. The fourth-order valence-electron chi connectivity index (χ4n) is 1.54. The van der Waals surface area contributed by atoms with E-state index in [4.69, 9.17) is 10.5 Å². The number of ether oxygens (including phenoxy) is 1. The van der Waals surface area contributed by atoms with Crippen molar-refractivity contribution in [1.82, 2.24) is 4.98 Å². The molecule has 2 heterocycles. The van der Waals surface area contributed by atoms with E-state index in [0.717, 1.165) is 6.20 Å². The van der Waals surface area contributed by atoms with Gasteiger partial charge in [-0.2, -0.15) is 13.2 Å². The topological polar surface area (TPSA) is 68.5 Å². The van der Waals surface area contributed by atoms with Crippen molar-refractivity contribution in [2.75, 3.05) is 24.6 Å². The molecule has 1 aromatic rings. The minimum Gasteiger partial charge on any atom is -0.367 e. The van der Waals surface area contributed by atoms with Gasteiger partial charge in [0.1, 0.15) is 4.88 Å². The molecule has 5 nitrogen and oxygen atoms in total. The number of carbonyl (C=O) groups excluding carboxylic acids is 1. The fraction of sp³-hybridized carbons (Fsp3) is 0.556. The van der Waals surface area contributed by atoms with E-state index in [-0.39, 0.29) is 18.3 Å². The average molecular weight is 281 g/mol. The van der Waals surface area contributed by atoms with Gasteiger partial charge in [0, 0.05) is 6.54 Å². The van der Waals surface area contributed by atoms with E-state index in [1.54, 1.807) is 4.90 Å². The average Bonchev–Trinajstić information content (AvgIpc) is 2.78. The highest BCUT2D eigenvalue weighted by atomic mass is 32.1. The second-order valence-electron chi connectivity index (χ2n) is 3.71. The first-order valence-corrected chi connectivity index (χ1v) is 5.88. The molecular formula is C9H10F3N3O2S. The zero-order valence-electron chi connectivity index (χ0n) is 9.11. The van der Waals surface area contributed by atoms with Crippen LogP contribution in [0.2, 0.25) is 0 Å². The van der Waals surface area contributed by atoms with Crippen LogP contribution >= 0.6 is 11.3 Å². The molecule has 18 heavy (non-hydrogen) atoms. The highest BCUT2D eigenvalue weighted by molar-refractivity contribution is 7.15. The van der Waals surface area contributed by atoms with Crippen LogP contribution in [-0.2, 0) is 15.7 Å². The predicted octanol–water partition coefficient (Wildman–Crippen LogP) is 0.852. The molecule has 100 valence electrons. The molecule has 0 aromatic carbocycles. The Hall–Kier alpha value is -1.35. The van der Waals surface area contributed by atoms with Crippen molar-refractivity contribution in [1.29, 1.82) is 0 Å². The Bertz CT molecular complexity index is 449. The Morgan fingerprint density at radius 1 is 1.61 bits per heavy atom. The number of hydrogen-bond donors (Lipinski definition) is 1. The van der Waals surface area contributed by atoms with Gasteiger partial charge < -0.3 is 15.4 Å². The number of halogens is 3. The Balaban J connectivity index is 2.12. The highest BCUT2D eigenvalue weighted by Gasteiger charge is 2.35. The van der Waals surface area contributed by atoms with Gasteiger partial charge in [0.05, 0.1) is 19.3 Å². The molecule has 1 aliphatic heterocycles. The van der Waals surface area contributed by atoms with E-state index in [9.17, 15) is 18.0 Å². The van der Waals surface area contributed by atoms with Gasteiger partial charge in [-0.3, -0.25) is 4.79 Å². The number of amides is 1. The third-order valence-electron chi connectivity index (χ3n) is 2.43. The minimum atomic E-state index is -4.40. The van der Waals surface area contributed by atoms with E-state index in [1.807, 2.05) is 0 Å². The molecule has 1 amide bonds. The summed E-state index contributed by atoms with van der Waals surface area (Å²) in [6.07, 6.45) is -4.42. The molecule has 1 aliphatic rings. The lowest BCUT2D eigenvalue weighted by atomic mass is 10.3. The summed E-state index contributed by atoms with van der Waals surface area (Å²) in [6.45, 7) is 0.739. The van der Waals surface area contributed by atoms with Gasteiger partial charge in [-0.05, 0) is 0 Å². The van der Waals surface area contributed by atoms with Gasteiger partial charge in [0.15, 0.2) is 11.2 Å². The SMILES string of the molecule is NC(=O)C1CN(c2ncc(C(F)(F)F)s2)CCO1. The number of carbonyl (C=O) groups is 1. The standard InChI is InChI=1S/C9H10F3N3O2S/c10-9(11,12)6-3-14-8(18-6)15-1-2-17-5(4-15)7(13)16/h3,5H,1-2,4H2,(H2,13,16). The molecule has 0 bridgehead atoms. The number of aromatic nitrogens is 1. The third-order valence-corrected chi connectivity index (χ3v) is 3.53. The van der Waals surface area contributed by atoms with Crippen LogP contribution in [-0.4, -0.2) is 36.7 Å². The van der Waals surface area contributed by atoms with Crippen LogP contribution in [0.1, 0.15) is 4.88 Å². The second-order valence-corrected chi connectivity index (χ2v) is 4.72. The Morgan fingerprint density at radius 3 is 2.89 bits per heavy atom. The van der Waals surface area contributed by atoms with Crippen molar-refractivity contribution < 1.29 is 22.7 Å². The van der Waals surface area contributed by atoms with Crippen LogP contribution in [0.15, 0.2) is 6.20 Å². The van der Waals surface area contributed by atoms with Crippen LogP contribution in [0.25, 0.3) is 0 Å². The minimum absolute atomic E-state index is 0.125. The summed E-state index contributed by atoms with van der Waals surface area (Å²) in [5, 5.41) is 0.219. The number of thiazole rings is 1. The molecule has 1 unspecified atom stereocenters. The number of nitrogens with two attached hydrogens (primary N) is 1. The summed E-state index contributed by atoms with van der Waals surface area (Å²) in [5.41, 5.74) is 5.09. The third kappa shape index (κ3) is 2.72. The monoisotopic (exact) mass is 281 g/mol. The molecule has 1 saturated heterocycles. The zero-order valence-corrected chi connectivity index (χ0v) is 9.92. The summed E-state index contributed by atoms with van der Waals surface area (Å²) in [5.74, 6) is -0.632.